The lowest BCUT2D eigenvalue weighted by Gasteiger charge is -2.11. The second-order valence-corrected chi connectivity index (χ2v) is 5.49. The monoisotopic (exact) mass is 379 g/mol. The molecule has 1 aromatic heterocycles. The van der Waals surface area contributed by atoms with Gasteiger partial charge in [-0.2, -0.15) is 4.57 Å². The van der Waals surface area contributed by atoms with Gasteiger partial charge in [-0.3, -0.25) is 0 Å². The Morgan fingerprint density at radius 1 is 1.07 bits per heavy atom. The molecular formula is C19H27N2O6+. The van der Waals surface area contributed by atoms with Crippen molar-refractivity contribution in [2.75, 3.05) is 38.8 Å². The van der Waals surface area contributed by atoms with Crippen molar-refractivity contribution < 1.29 is 33.5 Å². The second-order valence-electron chi connectivity index (χ2n) is 5.49. The molecule has 0 amide bonds. The van der Waals surface area contributed by atoms with E-state index in [0.717, 1.165) is 5.69 Å². The molecule has 8 nitrogen and oxygen atoms in total. The standard InChI is InChI=1S/C19H26N2O6/c1-6-25-17(22)15(18(23)26-7-2)12-16(19(24)27-8-3)21-11-9-10-14(13-21)20(4)5/h9-13H,6-8H2,1-5H3/p+1. The Labute approximate surface area is 159 Å². The zero-order valence-corrected chi connectivity index (χ0v) is 16.4. The lowest BCUT2D eigenvalue weighted by atomic mass is 10.2. The number of ether oxygens (including phenoxy) is 3. The van der Waals surface area contributed by atoms with Gasteiger partial charge in [-0.15, -0.1) is 0 Å². The highest BCUT2D eigenvalue weighted by atomic mass is 16.6. The molecule has 0 saturated heterocycles. The first-order valence-corrected chi connectivity index (χ1v) is 8.66. The van der Waals surface area contributed by atoms with E-state index in [1.165, 1.54) is 10.6 Å². The van der Waals surface area contributed by atoms with E-state index in [1.54, 1.807) is 39.2 Å². The summed E-state index contributed by atoms with van der Waals surface area (Å²) >= 11 is 0. The Morgan fingerprint density at radius 2 is 1.67 bits per heavy atom. The molecule has 0 aromatic carbocycles. The Balaban J connectivity index is 3.55. The van der Waals surface area contributed by atoms with Gasteiger partial charge in [-0.1, -0.05) is 0 Å². The number of aliphatic hydroxyl groups excluding tert-OH is 1. The molecule has 1 N–H and O–H groups in total. The van der Waals surface area contributed by atoms with E-state index in [2.05, 4.69) is 0 Å². The number of pyridine rings is 1. The molecule has 0 atom stereocenters. The average Bonchev–Trinajstić information content (AvgIpc) is 2.63. The molecule has 1 heterocycles. The van der Waals surface area contributed by atoms with Crippen LogP contribution in [0.15, 0.2) is 42.1 Å². The fraction of sp³-hybridized carbons (Fsp3) is 0.421. The minimum Gasteiger partial charge on any atom is -0.480 e. The fourth-order valence-electron chi connectivity index (χ4n) is 2.09. The van der Waals surface area contributed by atoms with Crippen molar-refractivity contribution in [1.82, 2.24) is 0 Å². The zero-order valence-electron chi connectivity index (χ0n) is 16.4. The number of aromatic nitrogens is 1. The van der Waals surface area contributed by atoms with E-state index in [-0.39, 0.29) is 31.1 Å². The van der Waals surface area contributed by atoms with Crippen molar-refractivity contribution in [2.24, 2.45) is 0 Å². The molecule has 0 saturated carbocycles. The summed E-state index contributed by atoms with van der Waals surface area (Å²) in [6.07, 6.45) is 4.53. The minimum atomic E-state index is -0.811. The van der Waals surface area contributed by atoms with Crippen molar-refractivity contribution >= 4 is 23.3 Å². The number of aliphatic hydroxyl groups is 1. The van der Waals surface area contributed by atoms with Crippen LogP contribution in [-0.2, 0) is 23.8 Å². The van der Waals surface area contributed by atoms with Crippen LogP contribution < -0.4 is 9.47 Å². The number of rotatable bonds is 9. The summed E-state index contributed by atoms with van der Waals surface area (Å²) in [4.78, 5) is 26.6. The summed E-state index contributed by atoms with van der Waals surface area (Å²) in [6.45, 7) is 5.37. The van der Waals surface area contributed by atoms with Gasteiger partial charge in [0.05, 0.1) is 19.8 Å². The summed E-state index contributed by atoms with van der Waals surface area (Å²) in [5, 5.41) is 10.1. The smallest absolute Gasteiger partial charge is 0.404 e. The van der Waals surface area contributed by atoms with Crippen LogP contribution in [0.1, 0.15) is 20.8 Å². The minimum absolute atomic E-state index is 0.0230. The van der Waals surface area contributed by atoms with Gasteiger partial charge in [0.15, 0.2) is 12.4 Å². The first-order valence-electron chi connectivity index (χ1n) is 8.66. The Kier molecular flexibility index (Phi) is 8.84. The Morgan fingerprint density at radius 3 is 2.22 bits per heavy atom. The molecule has 1 rings (SSSR count). The first kappa shape index (κ1) is 22.0. The predicted octanol–water partition coefficient (Wildman–Crippen LogP) is 1.81. The third-order valence-electron chi connectivity index (χ3n) is 3.35. The molecule has 148 valence electrons. The maximum Gasteiger partial charge on any atom is 0.404 e. The molecule has 0 spiro atoms. The Hall–Kier alpha value is -3.03. The summed E-state index contributed by atoms with van der Waals surface area (Å²) < 4.78 is 16.6. The highest BCUT2D eigenvalue weighted by Crippen LogP contribution is 2.14. The van der Waals surface area contributed by atoms with E-state index < -0.39 is 17.9 Å². The van der Waals surface area contributed by atoms with Crippen LogP contribution in [0.25, 0.3) is 5.70 Å². The molecular weight excluding hydrogens is 352 g/mol. The first-order chi connectivity index (χ1) is 12.8. The van der Waals surface area contributed by atoms with Gasteiger partial charge in [0.25, 0.3) is 11.6 Å². The van der Waals surface area contributed by atoms with Crippen LogP contribution in [0.4, 0.5) is 5.69 Å². The number of hydrogen-bond acceptors (Lipinski definition) is 7. The zero-order chi connectivity index (χ0) is 20.4. The molecule has 8 heteroatoms. The molecule has 1 aromatic rings. The van der Waals surface area contributed by atoms with Crippen molar-refractivity contribution in [3.8, 4) is 0 Å². The predicted molar refractivity (Wildman–Crippen MR) is 99.8 cm³/mol. The van der Waals surface area contributed by atoms with Crippen LogP contribution in [0.5, 0.6) is 0 Å². The molecule has 27 heavy (non-hydrogen) atoms. The van der Waals surface area contributed by atoms with Crippen molar-refractivity contribution in [3.63, 3.8) is 0 Å². The molecule has 0 bridgehead atoms. The topological polar surface area (TPSA) is 89.2 Å². The molecule has 0 aliphatic heterocycles. The largest absolute Gasteiger partial charge is 0.480 e. The number of anilines is 1. The van der Waals surface area contributed by atoms with Crippen LogP contribution in [0.2, 0.25) is 0 Å². The average molecular weight is 379 g/mol. The highest BCUT2D eigenvalue weighted by Gasteiger charge is 2.27. The maximum absolute atomic E-state index is 12.5. The Bertz CT molecular complexity index is 725. The number of esters is 2. The maximum atomic E-state index is 12.5. The molecule has 0 aliphatic rings. The van der Waals surface area contributed by atoms with Gasteiger partial charge < -0.3 is 24.2 Å². The van der Waals surface area contributed by atoms with Gasteiger partial charge in [0.2, 0.25) is 0 Å². The number of carbonyl (C=O) groups is 2. The van der Waals surface area contributed by atoms with Gasteiger partial charge in [-0.05, 0) is 26.8 Å². The molecule has 0 radical (unpaired) electrons. The molecule has 0 aliphatic carbocycles. The van der Waals surface area contributed by atoms with E-state index in [1.807, 2.05) is 25.1 Å². The van der Waals surface area contributed by atoms with Gasteiger partial charge >= 0.3 is 11.9 Å². The lowest BCUT2D eigenvalue weighted by molar-refractivity contribution is -0.577. The van der Waals surface area contributed by atoms with Crippen LogP contribution in [-0.4, -0.2) is 51.0 Å². The SMILES string of the molecule is CCOC(=O)C(/C=C(\C(=O)OCC)[n+]1cccc(N(C)C)c1)=C(O)OCC. The number of hydrogen-bond donors (Lipinski definition) is 1. The van der Waals surface area contributed by atoms with Crippen molar-refractivity contribution in [3.05, 3.63) is 42.1 Å². The van der Waals surface area contributed by atoms with Crippen molar-refractivity contribution in [2.45, 2.75) is 20.8 Å². The van der Waals surface area contributed by atoms with Crippen LogP contribution in [0.3, 0.4) is 0 Å². The van der Waals surface area contributed by atoms with Crippen LogP contribution in [0, 0.1) is 0 Å². The third-order valence-corrected chi connectivity index (χ3v) is 3.35. The summed E-state index contributed by atoms with van der Waals surface area (Å²) in [5.41, 5.74) is 0.572. The highest BCUT2D eigenvalue weighted by molar-refractivity contribution is 6.09. The fourth-order valence-corrected chi connectivity index (χ4v) is 2.09. The summed E-state index contributed by atoms with van der Waals surface area (Å²) in [7, 11) is 3.72. The van der Waals surface area contributed by atoms with Gasteiger partial charge in [0.1, 0.15) is 11.3 Å². The normalized spacial score (nSPS) is 12.1. The van der Waals surface area contributed by atoms with E-state index >= 15 is 0 Å². The molecule has 0 fully saturated rings. The van der Waals surface area contributed by atoms with Crippen LogP contribution >= 0.6 is 0 Å². The van der Waals surface area contributed by atoms with E-state index in [4.69, 9.17) is 14.2 Å². The molecule has 0 unspecified atom stereocenters. The number of carbonyl (C=O) groups excluding carboxylic acids is 2. The van der Waals surface area contributed by atoms with Gasteiger partial charge in [-0.25, -0.2) is 9.59 Å². The van der Waals surface area contributed by atoms with E-state index in [0.29, 0.717) is 0 Å². The quantitative estimate of drug-likeness (QED) is 0.230. The third kappa shape index (κ3) is 6.32. The lowest BCUT2D eigenvalue weighted by Crippen LogP contribution is -2.37. The van der Waals surface area contributed by atoms with E-state index in [9.17, 15) is 14.7 Å². The van der Waals surface area contributed by atoms with Crippen molar-refractivity contribution in [1.29, 1.82) is 0 Å². The summed E-state index contributed by atoms with van der Waals surface area (Å²) in [6, 6.07) is 3.61. The number of nitrogens with zero attached hydrogens (tertiary/aromatic N) is 2. The summed E-state index contributed by atoms with van der Waals surface area (Å²) in [5.74, 6) is -2.10. The van der Waals surface area contributed by atoms with Gasteiger partial charge in [0, 0.05) is 26.2 Å². The second kappa shape index (κ2) is 10.8.